The molecule has 0 unspecified atom stereocenters. The molecule has 0 aliphatic heterocycles. The summed E-state index contributed by atoms with van der Waals surface area (Å²) < 4.78 is 1.77. The van der Waals surface area contributed by atoms with Crippen molar-refractivity contribution in [3.8, 4) is 5.88 Å². The number of nitrogens with zero attached hydrogens (tertiary/aromatic N) is 3. The molecule has 18 heavy (non-hydrogen) atoms. The quantitative estimate of drug-likeness (QED) is 0.645. The zero-order valence-corrected chi connectivity index (χ0v) is 11.0. The summed E-state index contributed by atoms with van der Waals surface area (Å²) in [7, 11) is 0. The molecule has 5 nitrogen and oxygen atoms in total. The average molecular weight is 262 g/mol. The Morgan fingerprint density at radius 3 is 2.83 bits per heavy atom. The zero-order chi connectivity index (χ0) is 13.3. The van der Waals surface area contributed by atoms with Gasteiger partial charge in [-0.15, -0.1) is 10.2 Å². The summed E-state index contributed by atoms with van der Waals surface area (Å²) in [6.45, 7) is 4.58. The van der Waals surface area contributed by atoms with Crippen LogP contribution in [0, 0.1) is 6.92 Å². The topological polar surface area (TPSA) is 75.9 Å². The minimum absolute atomic E-state index is 0.0561. The van der Waals surface area contributed by atoms with Crippen LogP contribution in [0.15, 0.2) is 28.4 Å². The number of benzene rings is 1. The van der Waals surface area contributed by atoms with E-state index >= 15 is 0 Å². The highest BCUT2D eigenvalue weighted by Crippen LogP contribution is 2.39. The molecule has 0 fully saturated rings. The molecular weight excluding hydrogens is 248 g/mol. The van der Waals surface area contributed by atoms with Gasteiger partial charge in [-0.05, 0) is 38.2 Å². The van der Waals surface area contributed by atoms with Crippen molar-refractivity contribution in [3.05, 3.63) is 23.8 Å². The molecule has 0 bridgehead atoms. The van der Waals surface area contributed by atoms with Gasteiger partial charge >= 0.3 is 0 Å². The van der Waals surface area contributed by atoms with Gasteiger partial charge in [0.25, 0.3) is 0 Å². The highest BCUT2D eigenvalue weighted by molar-refractivity contribution is 7.80. The van der Waals surface area contributed by atoms with E-state index in [1.807, 2.05) is 32.0 Å². The number of azo groups is 1. The maximum absolute atomic E-state index is 10.1. The molecular formula is C12H14N4OS. The third-order valence-electron chi connectivity index (χ3n) is 2.73. The summed E-state index contributed by atoms with van der Waals surface area (Å²) in [5.41, 5.74) is 7.69. The summed E-state index contributed by atoms with van der Waals surface area (Å²) in [6, 6.07) is 5.89. The maximum atomic E-state index is 10.1. The van der Waals surface area contributed by atoms with Crippen LogP contribution in [0.3, 0.4) is 0 Å². The van der Waals surface area contributed by atoms with Crippen molar-refractivity contribution >= 4 is 33.9 Å². The normalized spacial score (nSPS) is 11.4. The van der Waals surface area contributed by atoms with Crippen molar-refractivity contribution in [1.29, 1.82) is 0 Å². The lowest BCUT2D eigenvalue weighted by atomic mass is 10.1. The standard InChI is InChI=1S/C12H14N4OS/c1-3-16-9-5-4-7(2)6-8(9)10(11(16)17)14-15-12(13)18/h4-6,17H,3H2,1-2H3,(H2,13,18). The van der Waals surface area contributed by atoms with E-state index < -0.39 is 0 Å². The fourth-order valence-corrected chi connectivity index (χ4v) is 2.00. The number of fused-ring (bicyclic) bond motifs is 1. The van der Waals surface area contributed by atoms with Crippen molar-refractivity contribution in [2.24, 2.45) is 16.0 Å². The molecule has 2 aromatic rings. The van der Waals surface area contributed by atoms with Gasteiger partial charge in [0.05, 0.1) is 5.52 Å². The molecule has 0 saturated heterocycles. The Bertz CT molecular complexity index is 645. The van der Waals surface area contributed by atoms with Gasteiger partial charge in [-0.3, -0.25) is 0 Å². The molecule has 0 aliphatic rings. The first-order valence-corrected chi connectivity index (χ1v) is 5.98. The molecule has 6 heteroatoms. The Morgan fingerprint density at radius 1 is 1.50 bits per heavy atom. The highest BCUT2D eigenvalue weighted by Gasteiger charge is 2.15. The third-order valence-corrected chi connectivity index (χ3v) is 2.81. The molecule has 0 spiro atoms. The van der Waals surface area contributed by atoms with Gasteiger partial charge in [0.1, 0.15) is 0 Å². The van der Waals surface area contributed by atoms with Gasteiger partial charge in [-0.2, -0.15) is 0 Å². The number of aryl methyl sites for hydroxylation is 2. The van der Waals surface area contributed by atoms with Gasteiger partial charge in [0.15, 0.2) is 5.69 Å². The van der Waals surface area contributed by atoms with Gasteiger partial charge in [-0.1, -0.05) is 11.6 Å². The fraction of sp³-hybridized carbons (Fsp3) is 0.250. The van der Waals surface area contributed by atoms with Crippen LogP contribution in [-0.4, -0.2) is 14.8 Å². The Hall–Kier alpha value is -1.95. The van der Waals surface area contributed by atoms with Crippen molar-refractivity contribution in [3.63, 3.8) is 0 Å². The first-order valence-electron chi connectivity index (χ1n) is 5.57. The largest absolute Gasteiger partial charge is 0.493 e. The maximum Gasteiger partial charge on any atom is 0.220 e. The Labute approximate surface area is 110 Å². The van der Waals surface area contributed by atoms with E-state index in [0.717, 1.165) is 16.5 Å². The molecule has 2 rings (SSSR count). The van der Waals surface area contributed by atoms with E-state index in [1.54, 1.807) is 4.57 Å². The second-order valence-electron chi connectivity index (χ2n) is 3.98. The number of thiocarbonyl (C=S) groups is 1. The van der Waals surface area contributed by atoms with Gasteiger partial charge in [0.2, 0.25) is 11.0 Å². The van der Waals surface area contributed by atoms with E-state index in [9.17, 15) is 5.11 Å². The summed E-state index contributed by atoms with van der Waals surface area (Å²) in [5.74, 6) is 0.0816. The fourth-order valence-electron chi connectivity index (χ4n) is 1.96. The molecule has 94 valence electrons. The average Bonchev–Trinajstić information content (AvgIpc) is 2.57. The molecule has 1 aromatic heterocycles. The number of hydrogen-bond acceptors (Lipinski definition) is 3. The molecule has 0 amide bonds. The van der Waals surface area contributed by atoms with Crippen molar-refractivity contribution in [2.75, 3.05) is 0 Å². The van der Waals surface area contributed by atoms with Gasteiger partial charge in [-0.25, -0.2) is 0 Å². The van der Waals surface area contributed by atoms with Crippen LogP contribution in [0.5, 0.6) is 5.88 Å². The predicted molar refractivity (Wildman–Crippen MR) is 75.3 cm³/mol. The Kier molecular flexibility index (Phi) is 3.29. The van der Waals surface area contributed by atoms with Crippen LogP contribution in [0.4, 0.5) is 5.69 Å². The second-order valence-corrected chi connectivity index (χ2v) is 4.39. The molecule has 0 aliphatic carbocycles. The summed E-state index contributed by atoms with van der Waals surface area (Å²) >= 11 is 4.65. The summed E-state index contributed by atoms with van der Waals surface area (Å²) in [5, 5.41) is 18.5. The second kappa shape index (κ2) is 4.73. The smallest absolute Gasteiger partial charge is 0.220 e. The van der Waals surface area contributed by atoms with E-state index in [4.69, 9.17) is 5.73 Å². The first-order chi connectivity index (χ1) is 8.54. The van der Waals surface area contributed by atoms with Gasteiger partial charge < -0.3 is 15.4 Å². The molecule has 0 saturated carbocycles. The van der Waals surface area contributed by atoms with Crippen LogP contribution in [0.2, 0.25) is 0 Å². The van der Waals surface area contributed by atoms with Crippen molar-refractivity contribution in [1.82, 2.24) is 4.57 Å². The summed E-state index contributed by atoms with van der Waals surface area (Å²) in [4.78, 5) is 0. The van der Waals surface area contributed by atoms with E-state index in [2.05, 4.69) is 22.4 Å². The SMILES string of the molecule is CCn1c(O)c(N=NC(N)=S)c2cc(C)ccc21. The van der Waals surface area contributed by atoms with Crippen molar-refractivity contribution in [2.45, 2.75) is 20.4 Å². The van der Waals surface area contributed by atoms with E-state index in [0.29, 0.717) is 12.2 Å². The summed E-state index contributed by atoms with van der Waals surface area (Å²) in [6.07, 6.45) is 0. The van der Waals surface area contributed by atoms with E-state index in [1.165, 1.54) is 0 Å². The third kappa shape index (κ3) is 2.06. The zero-order valence-electron chi connectivity index (χ0n) is 10.2. The lowest BCUT2D eigenvalue weighted by molar-refractivity contribution is 0.427. The first kappa shape index (κ1) is 12.5. The van der Waals surface area contributed by atoms with Crippen LogP contribution in [0.1, 0.15) is 12.5 Å². The van der Waals surface area contributed by atoms with E-state index in [-0.39, 0.29) is 11.0 Å². The number of aromatic nitrogens is 1. The van der Waals surface area contributed by atoms with Crippen molar-refractivity contribution < 1.29 is 5.11 Å². The van der Waals surface area contributed by atoms with Crippen LogP contribution in [-0.2, 0) is 6.54 Å². The highest BCUT2D eigenvalue weighted by atomic mass is 32.1. The number of nitrogens with two attached hydrogens (primary N) is 1. The number of hydrogen-bond donors (Lipinski definition) is 2. The molecule has 3 N–H and O–H groups in total. The molecule has 0 radical (unpaired) electrons. The Morgan fingerprint density at radius 2 is 2.22 bits per heavy atom. The van der Waals surface area contributed by atoms with Crippen LogP contribution >= 0.6 is 12.2 Å². The predicted octanol–water partition coefficient (Wildman–Crippen LogP) is 3.00. The molecule has 1 aromatic carbocycles. The van der Waals surface area contributed by atoms with Crippen LogP contribution in [0.25, 0.3) is 10.9 Å². The number of aromatic hydroxyl groups is 1. The monoisotopic (exact) mass is 262 g/mol. The molecule has 0 atom stereocenters. The minimum Gasteiger partial charge on any atom is -0.493 e. The minimum atomic E-state index is -0.0561. The van der Waals surface area contributed by atoms with Crippen LogP contribution < -0.4 is 5.73 Å². The lowest BCUT2D eigenvalue weighted by Gasteiger charge is -2.01. The van der Waals surface area contributed by atoms with Gasteiger partial charge in [0, 0.05) is 11.9 Å². The lowest BCUT2D eigenvalue weighted by Crippen LogP contribution is -2.01. The Balaban J connectivity index is 2.74. The molecule has 1 heterocycles. The number of rotatable bonds is 2.